The number of carbonyl (C=O) groups excluding carboxylic acids is 1. The molecule has 2 aromatic carbocycles. The van der Waals surface area contributed by atoms with Crippen molar-refractivity contribution >= 4 is 28.9 Å². The van der Waals surface area contributed by atoms with Gasteiger partial charge in [0.2, 0.25) is 5.91 Å². The maximum absolute atomic E-state index is 12.8. The molecule has 5 rings (SSSR count). The molecule has 4 aromatic rings. The van der Waals surface area contributed by atoms with Gasteiger partial charge in [0.05, 0.1) is 24.9 Å². The molecule has 1 amide bonds. The number of anilines is 1. The van der Waals surface area contributed by atoms with Gasteiger partial charge in [0.1, 0.15) is 5.75 Å². The van der Waals surface area contributed by atoms with Crippen molar-refractivity contribution < 1.29 is 9.53 Å². The van der Waals surface area contributed by atoms with Crippen LogP contribution >= 0.6 is 12.2 Å². The number of amides is 1. The zero-order valence-electron chi connectivity index (χ0n) is 20.8. The summed E-state index contributed by atoms with van der Waals surface area (Å²) in [6, 6.07) is 25.4. The van der Waals surface area contributed by atoms with Gasteiger partial charge in [-0.25, -0.2) is 0 Å². The zero-order valence-corrected chi connectivity index (χ0v) is 21.6. The number of nitrogens with zero attached hydrogens (tertiary/aromatic N) is 3. The van der Waals surface area contributed by atoms with Crippen LogP contribution in [-0.4, -0.2) is 39.1 Å². The summed E-state index contributed by atoms with van der Waals surface area (Å²) in [5.41, 5.74) is 4.84. The third kappa shape index (κ3) is 5.34. The van der Waals surface area contributed by atoms with Crippen LogP contribution in [0.25, 0.3) is 5.69 Å². The largest absolute Gasteiger partial charge is 0.497 e. The standard InChI is InChI=1S/C29H29N5O2S/c1-20-11-13-21(14-12-20)31-26(35)15-18-34-28(27(32-29(34)37)24-9-3-4-16-30-24)25-10-6-17-33(25)22-7-5-8-23(19-22)36-2/h3-14,16-17,19,27-28H,15,18H2,1-2H3,(H,31,35)(H,32,37). The Bertz CT molecular complexity index is 1390. The van der Waals surface area contributed by atoms with Gasteiger partial charge in [0.15, 0.2) is 5.11 Å². The van der Waals surface area contributed by atoms with Gasteiger partial charge in [-0.15, -0.1) is 0 Å². The number of hydrogen-bond donors (Lipinski definition) is 2. The minimum atomic E-state index is -0.173. The van der Waals surface area contributed by atoms with Crippen molar-refractivity contribution in [2.75, 3.05) is 19.0 Å². The molecule has 1 saturated heterocycles. The van der Waals surface area contributed by atoms with Crippen LogP contribution in [0.15, 0.2) is 91.3 Å². The first kappa shape index (κ1) is 24.5. The number of carbonyl (C=O) groups is 1. The van der Waals surface area contributed by atoms with Gasteiger partial charge < -0.3 is 24.8 Å². The lowest BCUT2D eigenvalue weighted by atomic mass is 10.0. The van der Waals surface area contributed by atoms with Crippen LogP contribution in [0.4, 0.5) is 5.69 Å². The average Bonchev–Trinajstić information content (AvgIpc) is 3.53. The van der Waals surface area contributed by atoms with Crippen LogP contribution in [0.5, 0.6) is 5.75 Å². The normalized spacial score (nSPS) is 16.9. The molecular weight excluding hydrogens is 482 g/mol. The van der Waals surface area contributed by atoms with E-state index in [9.17, 15) is 4.79 Å². The molecule has 8 heteroatoms. The molecule has 2 atom stereocenters. The Morgan fingerprint density at radius 1 is 1.08 bits per heavy atom. The van der Waals surface area contributed by atoms with Crippen LogP contribution < -0.4 is 15.4 Å². The smallest absolute Gasteiger partial charge is 0.226 e. The number of methoxy groups -OCH3 is 1. The van der Waals surface area contributed by atoms with E-state index in [4.69, 9.17) is 17.0 Å². The van der Waals surface area contributed by atoms with Gasteiger partial charge in [-0.05, 0) is 67.7 Å². The third-order valence-corrected chi connectivity index (χ3v) is 6.88. The first-order valence-corrected chi connectivity index (χ1v) is 12.6. The van der Waals surface area contributed by atoms with Crippen LogP contribution in [0.2, 0.25) is 0 Å². The summed E-state index contributed by atoms with van der Waals surface area (Å²) >= 11 is 5.79. The lowest BCUT2D eigenvalue weighted by molar-refractivity contribution is -0.116. The molecule has 7 nitrogen and oxygen atoms in total. The van der Waals surface area contributed by atoms with Gasteiger partial charge in [-0.3, -0.25) is 9.78 Å². The quantitative estimate of drug-likeness (QED) is 0.317. The summed E-state index contributed by atoms with van der Waals surface area (Å²) < 4.78 is 7.59. The number of rotatable bonds is 8. The molecular formula is C29H29N5O2S. The second kappa shape index (κ2) is 10.8. The van der Waals surface area contributed by atoms with E-state index < -0.39 is 0 Å². The topological polar surface area (TPSA) is 71.4 Å². The number of hydrogen-bond acceptors (Lipinski definition) is 4. The molecule has 0 spiro atoms. The lowest BCUT2D eigenvalue weighted by Crippen LogP contribution is -2.33. The van der Waals surface area contributed by atoms with Crippen molar-refractivity contribution in [1.82, 2.24) is 19.8 Å². The van der Waals surface area contributed by atoms with Crippen LogP contribution in [0.1, 0.15) is 35.5 Å². The fourth-order valence-corrected chi connectivity index (χ4v) is 5.01. The van der Waals surface area contributed by atoms with E-state index in [1.165, 1.54) is 0 Å². The second-order valence-corrected chi connectivity index (χ2v) is 9.38. The summed E-state index contributed by atoms with van der Waals surface area (Å²) in [4.78, 5) is 19.5. The van der Waals surface area contributed by atoms with Gasteiger partial charge in [-0.2, -0.15) is 0 Å². The van der Waals surface area contributed by atoms with Crippen molar-refractivity contribution in [3.05, 3.63) is 108 Å². The third-order valence-electron chi connectivity index (χ3n) is 6.53. The van der Waals surface area contributed by atoms with E-state index in [0.717, 1.165) is 34.1 Å². The highest BCUT2D eigenvalue weighted by atomic mass is 32.1. The van der Waals surface area contributed by atoms with E-state index in [1.807, 2.05) is 85.9 Å². The van der Waals surface area contributed by atoms with Crippen LogP contribution in [-0.2, 0) is 4.79 Å². The maximum Gasteiger partial charge on any atom is 0.226 e. The van der Waals surface area contributed by atoms with Crippen LogP contribution in [0, 0.1) is 6.92 Å². The molecule has 0 aliphatic carbocycles. The van der Waals surface area contributed by atoms with Crippen molar-refractivity contribution in [1.29, 1.82) is 0 Å². The number of thiocarbonyl (C=S) groups is 1. The molecule has 2 unspecified atom stereocenters. The Morgan fingerprint density at radius 2 is 1.92 bits per heavy atom. The summed E-state index contributed by atoms with van der Waals surface area (Å²) in [7, 11) is 1.66. The minimum absolute atomic E-state index is 0.0603. The number of nitrogens with one attached hydrogen (secondary N) is 2. The molecule has 2 aromatic heterocycles. The van der Waals surface area contributed by atoms with Crippen molar-refractivity contribution in [2.24, 2.45) is 0 Å². The number of pyridine rings is 1. The number of benzene rings is 2. The monoisotopic (exact) mass is 511 g/mol. The fourth-order valence-electron chi connectivity index (χ4n) is 4.68. The molecule has 0 radical (unpaired) electrons. The first-order valence-electron chi connectivity index (χ1n) is 12.2. The van der Waals surface area contributed by atoms with Crippen molar-refractivity contribution in [3.63, 3.8) is 0 Å². The number of aryl methyl sites for hydroxylation is 1. The fraction of sp³-hybridized carbons (Fsp3) is 0.207. The predicted octanol–water partition coefficient (Wildman–Crippen LogP) is 5.19. The van der Waals surface area contributed by atoms with E-state index in [2.05, 4.69) is 31.2 Å². The van der Waals surface area contributed by atoms with E-state index in [-0.39, 0.29) is 18.0 Å². The predicted molar refractivity (Wildman–Crippen MR) is 149 cm³/mol. The Morgan fingerprint density at radius 3 is 2.68 bits per heavy atom. The van der Waals surface area contributed by atoms with Crippen molar-refractivity contribution in [2.45, 2.75) is 25.4 Å². The summed E-state index contributed by atoms with van der Waals surface area (Å²) in [6.07, 6.45) is 4.11. The summed E-state index contributed by atoms with van der Waals surface area (Å²) in [5, 5.41) is 7.05. The molecule has 2 N–H and O–H groups in total. The Labute approximate surface area is 222 Å². The van der Waals surface area contributed by atoms with Gasteiger partial charge in [0.25, 0.3) is 0 Å². The Kier molecular flexibility index (Phi) is 7.18. The van der Waals surface area contributed by atoms with E-state index in [1.54, 1.807) is 13.3 Å². The first-order chi connectivity index (χ1) is 18.0. The zero-order chi connectivity index (χ0) is 25.8. The molecule has 188 valence electrons. The highest BCUT2D eigenvalue weighted by Crippen LogP contribution is 2.39. The second-order valence-electron chi connectivity index (χ2n) is 8.99. The molecule has 1 fully saturated rings. The minimum Gasteiger partial charge on any atom is -0.497 e. The van der Waals surface area contributed by atoms with Gasteiger partial charge in [-0.1, -0.05) is 29.8 Å². The number of ether oxygens (including phenoxy) is 1. The Hall–Kier alpha value is -4.17. The molecule has 3 heterocycles. The highest BCUT2D eigenvalue weighted by Gasteiger charge is 2.41. The number of aromatic nitrogens is 2. The van der Waals surface area contributed by atoms with Crippen molar-refractivity contribution in [3.8, 4) is 11.4 Å². The van der Waals surface area contributed by atoms with E-state index in [0.29, 0.717) is 18.1 Å². The highest BCUT2D eigenvalue weighted by molar-refractivity contribution is 7.80. The molecule has 1 aliphatic rings. The molecule has 0 saturated carbocycles. The maximum atomic E-state index is 12.8. The van der Waals surface area contributed by atoms with E-state index >= 15 is 0 Å². The molecule has 1 aliphatic heterocycles. The lowest BCUT2D eigenvalue weighted by Gasteiger charge is -2.29. The summed E-state index contributed by atoms with van der Waals surface area (Å²) in [6.45, 7) is 2.48. The van der Waals surface area contributed by atoms with Gasteiger partial charge in [0, 0.05) is 48.5 Å². The molecule has 0 bridgehead atoms. The average molecular weight is 512 g/mol. The van der Waals surface area contributed by atoms with Gasteiger partial charge >= 0.3 is 0 Å². The summed E-state index contributed by atoms with van der Waals surface area (Å²) in [5.74, 6) is 0.720. The molecule has 37 heavy (non-hydrogen) atoms. The van der Waals surface area contributed by atoms with Crippen LogP contribution in [0.3, 0.4) is 0 Å². The SMILES string of the molecule is COc1cccc(-n2cccc2C2C(c3ccccn3)NC(=S)N2CCC(=O)Nc2ccc(C)cc2)c1. The Balaban J connectivity index is 1.44.